The van der Waals surface area contributed by atoms with Crippen molar-refractivity contribution in [3.8, 4) is 5.75 Å². The van der Waals surface area contributed by atoms with Crippen LogP contribution in [0.3, 0.4) is 0 Å². The number of benzene rings is 1. The molecule has 0 bridgehead atoms. The lowest BCUT2D eigenvalue weighted by molar-refractivity contribution is -0.123. The monoisotopic (exact) mass is 346 g/mol. The van der Waals surface area contributed by atoms with E-state index in [-0.39, 0.29) is 29.5 Å². The first kappa shape index (κ1) is 17.7. The fraction of sp³-hybridized carbons (Fsp3) is 0.556. The lowest BCUT2D eigenvalue weighted by Gasteiger charge is -2.31. The number of nitrogens with one attached hydrogen (secondary N) is 2. The molecule has 2 aliphatic rings. The van der Waals surface area contributed by atoms with E-state index >= 15 is 0 Å². The van der Waals surface area contributed by atoms with Crippen LogP contribution >= 0.6 is 0 Å². The SMILES string of the molecule is NC(=O)C1CCN(CCNC(=O)[C@H]2Cc3ccc(O)cc3CN2)CC1. The Bertz CT molecular complexity index is 641. The number of aromatic hydroxyl groups is 1. The summed E-state index contributed by atoms with van der Waals surface area (Å²) in [4.78, 5) is 25.8. The molecule has 1 saturated heterocycles. The van der Waals surface area contributed by atoms with Gasteiger partial charge < -0.3 is 26.4 Å². The predicted molar refractivity (Wildman–Crippen MR) is 93.8 cm³/mol. The van der Waals surface area contributed by atoms with E-state index in [0.29, 0.717) is 19.5 Å². The highest BCUT2D eigenvalue weighted by molar-refractivity contribution is 5.82. The lowest BCUT2D eigenvalue weighted by atomic mass is 9.95. The van der Waals surface area contributed by atoms with Gasteiger partial charge in [-0.15, -0.1) is 0 Å². The molecule has 0 spiro atoms. The van der Waals surface area contributed by atoms with Crippen molar-refractivity contribution < 1.29 is 14.7 Å². The molecule has 2 heterocycles. The summed E-state index contributed by atoms with van der Waals surface area (Å²) in [6.07, 6.45) is 2.24. The fourth-order valence-electron chi connectivity index (χ4n) is 3.59. The molecule has 1 fully saturated rings. The number of nitrogens with two attached hydrogens (primary N) is 1. The van der Waals surface area contributed by atoms with Crippen LogP contribution in [0.4, 0.5) is 0 Å². The third-order valence-electron chi connectivity index (χ3n) is 5.19. The maximum atomic E-state index is 12.4. The van der Waals surface area contributed by atoms with Gasteiger partial charge in [0.1, 0.15) is 5.75 Å². The third kappa shape index (κ3) is 4.49. The molecule has 1 aromatic rings. The number of carbonyl (C=O) groups is 2. The Balaban J connectivity index is 1.40. The van der Waals surface area contributed by atoms with Crippen molar-refractivity contribution in [1.82, 2.24) is 15.5 Å². The molecule has 0 saturated carbocycles. The largest absolute Gasteiger partial charge is 0.508 e. The topological polar surface area (TPSA) is 108 Å². The smallest absolute Gasteiger partial charge is 0.237 e. The number of hydrogen-bond acceptors (Lipinski definition) is 5. The van der Waals surface area contributed by atoms with Gasteiger partial charge in [0.25, 0.3) is 0 Å². The van der Waals surface area contributed by atoms with E-state index in [1.807, 2.05) is 6.07 Å². The molecule has 1 atom stereocenters. The van der Waals surface area contributed by atoms with Gasteiger partial charge in [-0.25, -0.2) is 0 Å². The van der Waals surface area contributed by atoms with Crippen LogP contribution < -0.4 is 16.4 Å². The first-order valence-corrected chi connectivity index (χ1v) is 8.86. The normalized spacial score (nSPS) is 21.5. The summed E-state index contributed by atoms with van der Waals surface area (Å²) < 4.78 is 0. The van der Waals surface area contributed by atoms with E-state index in [1.165, 1.54) is 0 Å². The molecule has 7 heteroatoms. The summed E-state index contributed by atoms with van der Waals surface area (Å²) in [6.45, 7) is 3.67. The van der Waals surface area contributed by atoms with Crippen LogP contribution in [0.2, 0.25) is 0 Å². The number of rotatable bonds is 5. The average Bonchev–Trinajstić information content (AvgIpc) is 2.61. The molecule has 25 heavy (non-hydrogen) atoms. The predicted octanol–water partition coefficient (Wildman–Crippen LogP) is -0.280. The first-order valence-electron chi connectivity index (χ1n) is 8.86. The van der Waals surface area contributed by atoms with Gasteiger partial charge in [0.15, 0.2) is 0 Å². The maximum Gasteiger partial charge on any atom is 0.237 e. The van der Waals surface area contributed by atoms with Crippen LogP contribution in [0.25, 0.3) is 0 Å². The summed E-state index contributed by atoms with van der Waals surface area (Å²) in [5, 5.41) is 15.7. The van der Waals surface area contributed by atoms with Gasteiger partial charge in [0.05, 0.1) is 6.04 Å². The van der Waals surface area contributed by atoms with Gasteiger partial charge in [-0.2, -0.15) is 0 Å². The van der Waals surface area contributed by atoms with Gasteiger partial charge in [-0.1, -0.05) is 6.07 Å². The number of piperidine rings is 1. The van der Waals surface area contributed by atoms with Gasteiger partial charge in [0.2, 0.25) is 11.8 Å². The number of likely N-dealkylation sites (tertiary alicyclic amines) is 1. The number of phenolic OH excluding ortho intramolecular Hbond substituents is 1. The molecule has 5 N–H and O–H groups in total. The zero-order chi connectivity index (χ0) is 17.8. The Kier molecular flexibility index (Phi) is 5.55. The number of nitrogens with zero attached hydrogens (tertiary/aromatic N) is 1. The van der Waals surface area contributed by atoms with E-state index in [4.69, 9.17) is 5.73 Å². The number of amides is 2. The van der Waals surface area contributed by atoms with E-state index in [2.05, 4.69) is 15.5 Å². The summed E-state index contributed by atoms with van der Waals surface area (Å²) in [7, 11) is 0. The van der Waals surface area contributed by atoms with Crippen molar-refractivity contribution in [2.75, 3.05) is 26.2 Å². The highest BCUT2D eigenvalue weighted by atomic mass is 16.3. The summed E-state index contributed by atoms with van der Waals surface area (Å²) >= 11 is 0. The lowest BCUT2D eigenvalue weighted by Crippen LogP contribution is -2.49. The molecule has 0 radical (unpaired) electrons. The Morgan fingerprint density at radius 3 is 2.76 bits per heavy atom. The van der Waals surface area contributed by atoms with Crippen LogP contribution in [-0.2, 0) is 22.6 Å². The minimum Gasteiger partial charge on any atom is -0.508 e. The maximum absolute atomic E-state index is 12.4. The molecule has 7 nitrogen and oxygen atoms in total. The highest BCUT2D eigenvalue weighted by Crippen LogP contribution is 2.21. The first-order chi connectivity index (χ1) is 12.0. The van der Waals surface area contributed by atoms with Gasteiger partial charge in [0, 0.05) is 25.6 Å². The number of hydrogen-bond donors (Lipinski definition) is 4. The summed E-state index contributed by atoms with van der Waals surface area (Å²) in [5.41, 5.74) is 7.49. The second-order valence-electron chi connectivity index (χ2n) is 6.90. The number of fused-ring (bicyclic) bond motifs is 1. The van der Waals surface area contributed by atoms with Crippen LogP contribution in [0.1, 0.15) is 24.0 Å². The van der Waals surface area contributed by atoms with Gasteiger partial charge in [-0.05, 0) is 55.6 Å². The second-order valence-corrected chi connectivity index (χ2v) is 6.90. The van der Waals surface area contributed by atoms with Crippen LogP contribution in [-0.4, -0.2) is 54.0 Å². The number of carbonyl (C=O) groups excluding carboxylic acids is 2. The quantitative estimate of drug-likeness (QED) is 0.587. The van der Waals surface area contributed by atoms with E-state index in [0.717, 1.165) is 43.6 Å². The average molecular weight is 346 g/mol. The van der Waals surface area contributed by atoms with Crippen molar-refractivity contribution in [3.05, 3.63) is 29.3 Å². The molecule has 2 aliphatic heterocycles. The Labute approximate surface area is 147 Å². The van der Waals surface area contributed by atoms with Crippen LogP contribution in [0.15, 0.2) is 18.2 Å². The third-order valence-corrected chi connectivity index (χ3v) is 5.19. The number of phenols is 1. The minimum absolute atomic E-state index is 0.00298. The van der Waals surface area contributed by atoms with Crippen molar-refractivity contribution in [3.63, 3.8) is 0 Å². The fourth-order valence-corrected chi connectivity index (χ4v) is 3.59. The standard InChI is InChI=1S/C18H26N4O3/c19-17(24)12-3-6-22(7-4-12)8-5-20-18(25)16-10-13-1-2-15(23)9-14(13)11-21-16/h1-2,9,12,16,21,23H,3-8,10-11H2,(H2,19,24)(H,20,25)/t16-/m1/s1. The summed E-state index contributed by atoms with van der Waals surface area (Å²) in [5.74, 6) is 0.0519. The highest BCUT2D eigenvalue weighted by Gasteiger charge is 2.25. The Hall–Kier alpha value is -2.12. The van der Waals surface area contributed by atoms with E-state index in [9.17, 15) is 14.7 Å². The van der Waals surface area contributed by atoms with Gasteiger partial charge in [-0.3, -0.25) is 9.59 Å². The van der Waals surface area contributed by atoms with Crippen molar-refractivity contribution in [2.24, 2.45) is 11.7 Å². The van der Waals surface area contributed by atoms with Crippen molar-refractivity contribution in [1.29, 1.82) is 0 Å². The molecule has 1 aromatic carbocycles. The molecular formula is C18H26N4O3. The van der Waals surface area contributed by atoms with Crippen molar-refractivity contribution >= 4 is 11.8 Å². The molecule has 2 amide bonds. The molecular weight excluding hydrogens is 320 g/mol. The van der Waals surface area contributed by atoms with Crippen molar-refractivity contribution in [2.45, 2.75) is 31.8 Å². The summed E-state index contributed by atoms with van der Waals surface area (Å²) in [6, 6.07) is 5.05. The van der Waals surface area contributed by atoms with E-state index in [1.54, 1.807) is 12.1 Å². The number of primary amides is 1. The zero-order valence-corrected chi connectivity index (χ0v) is 14.3. The zero-order valence-electron chi connectivity index (χ0n) is 14.3. The second kappa shape index (κ2) is 7.84. The molecule has 136 valence electrons. The van der Waals surface area contributed by atoms with Gasteiger partial charge >= 0.3 is 0 Å². The Morgan fingerprint density at radius 2 is 2.04 bits per heavy atom. The minimum atomic E-state index is -0.238. The Morgan fingerprint density at radius 1 is 1.28 bits per heavy atom. The van der Waals surface area contributed by atoms with Crippen LogP contribution in [0.5, 0.6) is 5.75 Å². The molecule has 0 unspecified atom stereocenters. The molecule has 3 rings (SSSR count). The molecule has 0 aliphatic carbocycles. The van der Waals surface area contributed by atoms with Crippen LogP contribution in [0, 0.1) is 5.92 Å². The molecule has 0 aromatic heterocycles. The van der Waals surface area contributed by atoms with E-state index < -0.39 is 0 Å².